The van der Waals surface area contributed by atoms with Crippen LogP contribution in [0.5, 0.6) is 0 Å². The van der Waals surface area contributed by atoms with Gasteiger partial charge in [-0.1, -0.05) is 18.2 Å². The average molecular weight is 190 g/mol. The van der Waals surface area contributed by atoms with Gasteiger partial charge in [-0.2, -0.15) is 0 Å². The van der Waals surface area contributed by atoms with E-state index in [4.69, 9.17) is 0 Å². The van der Waals surface area contributed by atoms with Gasteiger partial charge in [0, 0.05) is 22.9 Å². The van der Waals surface area contributed by atoms with Crippen LogP contribution in [-0.4, -0.2) is 9.97 Å². The second-order valence-electron chi connectivity index (χ2n) is 2.91. The first-order valence-corrected chi connectivity index (χ1v) is 4.52. The number of H-pyrrole nitrogens is 1. The molecule has 0 fully saturated rings. The van der Waals surface area contributed by atoms with Crippen molar-refractivity contribution in [2.45, 2.75) is 11.8 Å². The maximum absolute atomic E-state index is 4.44. The van der Waals surface area contributed by atoms with Crippen molar-refractivity contribution < 1.29 is 0 Å². The van der Waals surface area contributed by atoms with Crippen LogP contribution in [0.25, 0.3) is 11.4 Å². The summed E-state index contributed by atoms with van der Waals surface area (Å²) in [4.78, 5) is 8.23. The topological polar surface area (TPSA) is 28.7 Å². The third-order valence-corrected chi connectivity index (χ3v) is 2.58. The van der Waals surface area contributed by atoms with Crippen LogP contribution in [0.2, 0.25) is 0 Å². The van der Waals surface area contributed by atoms with E-state index < -0.39 is 0 Å². The average Bonchev–Trinajstić information content (AvgIpc) is 2.62. The number of nitrogens with zero attached hydrogens (tertiary/aromatic N) is 1. The van der Waals surface area contributed by atoms with Crippen LogP contribution in [0, 0.1) is 6.92 Å². The monoisotopic (exact) mass is 190 g/mol. The van der Waals surface area contributed by atoms with Crippen LogP contribution >= 0.6 is 12.6 Å². The molecule has 3 heteroatoms. The third-order valence-electron chi connectivity index (χ3n) is 1.99. The lowest BCUT2D eigenvalue weighted by atomic mass is 10.1. The van der Waals surface area contributed by atoms with Gasteiger partial charge in [0.2, 0.25) is 0 Å². The summed E-state index contributed by atoms with van der Waals surface area (Å²) in [7, 11) is 0. The Morgan fingerprint density at radius 2 is 2.23 bits per heavy atom. The molecule has 2 nitrogen and oxygen atoms in total. The van der Waals surface area contributed by atoms with Crippen LogP contribution in [0.15, 0.2) is 35.5 Å². The lowest BCUT2D eigenvalue weighted by Gasteiger charge is -2.03. The minimum atomic E-state index is 0.869. The molecule has 13 heavy (non-hydrogen) atoms. The van der Waals surface area contributed by atoms with E-state index in [0.29, 0.717) is 0 Å². The Labute approximate surface area is 82.4 Å². The Hall–Kier alpha value is -1.22. The van der Waals surface area contributed by atoms with Crippen LogP contribution in [0.3, 0.4) is 0 Å². The molecule has 1 aromatic heterocycles. The molecule has 1 heterocycles. The summed E-state index contributed by atoms with van der Waals surface area (Å²) in [6.07, 6.45) is 3.55. The lowest BCUT2D eigenvalue weighted by molar-refractivity contribution is 1.24. The number of aromatic nitrogens is 2. The molecule has 0 atom stereocenters. The van der Waals surface area contributed by atoms with Gasteiger partial charge in [-0.25, -0.2) is 4.98 Å². The third kappa shape index (κ3) is 1.47. The van der Waals surface area contributed by atoms with E-state index in [0.717, 1.165) is 21.8 Å². The van der Waals surface area contributed by atoms with E-state index in [1.54, 1.807) is 6.20 Å². The number of imidazole rings is 1. The Bertz CT molecular complexity index is 407. The van der Waals surface area contributed by atoms with Crippen molar-refractivity contribution in [3.8, 4) is 11.4 Å². The molecule has 0 aliphatic rings. The van der Waals surface area contributed by atoms with E-state index in [-0.39, 0.29) is 0 Å². The quantitative estimate of drug-likeness (QED) is 0.665. The van der Waals surface area contributed by atoms with E-state index in [1.807, 2.05) is 31.3 Å². The van der Waals surface area contributed by atoms with Crippen molar-refractivity contribution in [3.63, 3.8) is 0 Å². The number of rotatable bonds is 1. The number of benzene rings is 1. The smallest absolute Gasteiger partial charge is 0.138 e. The molecule has 0 bridgehead atoms. The highest BCUT2D eigenvalue weighted by Crippen LogP contribution is 2.25. The SMILES string of the molecule is Cc1cccc(-c2ncc[nH]2)c1S. The van der Waals surface area contributed by atoms with Gasteiger partial charge in [0.1, 0.15) is 5.82 Å². The maximum atomic E-state index is 4.44. The van der Waals surface area contributed by atoms with Gasteiger partial charge in [-0.3, -0.25) is 0 Å². The van der Waals surface area contributed by atoms with E-state index in [1.165, 1.54) is 0 Å². The number of aromatic amines is 1. The summed E-state index contributed by atoms with van der Waals surface area (Å²) in [5.74, 6) is 0.869. The first kappa shape index (κ1) is 8.38. The minimum absolute atomic E-state index is 0.869. The zero-order valence-electron chi connectivity index (χ0n) is 7.28. The van der Waals surface area contributed by atoms with Crippen molar-refractivity contribution in [2.24, 2.45) is 0 Å². The van der Waals surface area contributed by atoms with E-state index >= 15 is 0 Å². The number of hydrogen-bond acceptors (Lipinski definition) is 2. The largest absolute Gasteiger partial charge is 0.345 e. The van der Waals surface area contributed by atoms with Crippen LogP contribution in [0.4, 0.5) is 0 Å². The molecule has 1 N–H and O–H groups in total. The van der Waals surface area contributed by atoms with Crippen molar-refractivity contribution >= 4 is 12.6 Å². The lowest BCUT2D eigenvalue weighted by Crippen LogP contribution is -1.85. The number of nitrogens with one attached hydrogen (secondary N) is 1. The molecule has 0 spiro atoms. The van der Waals surface area contributed by atoms with Crippen LogP contribution in [0.1, 0.15) is 5.56 Å². The van der Waals surface area contributed by atoms with Gasteiger partial charge < -0.3 is 4.98 Å². The highest BCUT2D eigenvalue weighted by Gasteiger charge is 2.04. The molecule has 0 unspecified atom stereocenters. The molecule has 0 saturated heterocycles. The first-order chi connectivity index (χ1) is 6.29. The van der Waals surface area contributed by atoms with Crippen LogP contribution < -0.4 is 0 Å². The molecule has 0 radical (unpaired) electrons. The first-order valence-electron chi connectivity index (χ1n) is 4.07. The summed E-state index contributed by atoms with van der Waals surface area (Å²) >= 11 is 4.44. The van der Waals surface area contributed by atoms with E-state index in [2.05, 4.69) is 22.6 Å². The predicted molar refractivity (Wildman–Crippen MR) is 56.0 cm³/mol. The summed E-state index contributed by atoms with van der Waals surface area (Å²) in [5.41, 5.74) is 2.21. The van der Waals surface area contributed by atoms with Gasteiger partial charge in [0.05, 0.1) is 0 Å². The molecule has 0 saturated carbocycles. The molecule has 0 aliphatic carbocycles. The summed E-state index contributed by atoms with van der Waals surface area (Å²) in [6.45, 7) is 2.04. The van der Waals surface area contributed by atoms with Gasteiger partial charge in [0.25, 0.3) is 0 Å². The molecule has 1 aromatic carbocycles. The second kappa shape index (κ2) is 3.26. The summed E-state index contributed by atoms with van der Waals surface area (Å²) in [5, 5.41) is 0. The molecular weight excluding hydrogens is 180 g/mol. The van der Waals surface area contributed by atoms with Gasteiger partial charge >= 0.3 is 0 Å². The Morgan fingerprint density at radius 1 is 1.38 bits per heavy atom. The highest BCUT2D eigenvalue weighted by molar-refractivity contribution is 7.80. The second-order valence-corrected chi connectivity index (χ2v) is 3.36. The number of aryl methyl sites for hydroxylation is 1. The van der Waals surface area contributed by atoms with Gasteiger partial charge in [-0.15, -0.1) is 12.6 Å². The summed E-state index contributed by atoms with van der Waals surface area (Å²) in [6, 6.07) is 6.05. The zero-order valence-corrected chi connectivity index (χ0v) is 8.18. The molecule has 2 rings (SSSR count). The van der Waals surface area contributed by atoms with Crippen molar-refractivity contribution in [1.82, 2.24) is 9.97 Å². The van der Waals surface area contributed by atoms with Crippen molar-refractivity contribution in [1.29, 1.82) is 0 Å². The molecule has 2 aromatic rings. The minimum Gasteiger partial charge on any atom is -0.345 e. The van der Waals surface area contributed by atoms with E-state index in [9.17, 15) is 0 Å². The highest BCUT2D eigenvalue weighted by atomic mass is 32.1. The summed E-state index contributed by atoms with van der Waals surface area (Å²) < 4.78 is 0. The molecule has 66 valence electrons. The predicted octanol–water partition coefficient (Wildman–Crippen LogP) is 2.67. The standard InChI is InChI=1S/C10H10N2S/c1-7-3-2-4-8(9(7)13)10-11-5-6-12-10/h2-6,13H,1H3,(H,11,12). The Kier molecular flexibility index (Phi) is 2.10. The molecule has 0 amide bonds. The molecular formula is C10H10N2S. The normalized spacial score (nSPS) is 10.3. The Morgan fingerprint density at radius 3 is 2.92 bits per heavy atom. The van der Waals surface area contributed by atoms with Crippen molar-refractivity contribution in [2.75, 3.05) is 0 Å². The zero-order chi connectivity index (χ0) is 9.26. The maximum Gasteiger partial charge on any atom is 0.138 e. The fourth-order valence-electron chi connectivity index (χ4n) is 1.26. The fourth-order valence-corrected chi connectivity index (χ4v) is 1.52. The molecule has 0 aliphatic heterocycles. The van der Waals surface area contributed by atoms with Crippen LogP contribution in [-0.2, 0) is 0 Å². The number of thiol groups is 1. The van der Waals surface area contributed by atoms with Gasteiger partial charge in [-0.05, 0) is 12.5 Å². The van der Waals surface area contributed by atoms with Crippen molar-refractivity contribution in [3.05, 3.63) is 36.2 Å². The Balaban J connectivity index is 2.59. The fraction of sp³-hybridized carbons (Fsp3) is 0.100. The number of hydrogen-bond donors (Lipinski definition) is 2. The van der Waals surface area contributed by atoms with Gasteiger partial charge in [0.15, 0.2) is 0 Å².